The molecule has 0 unspecified atom stereocenters. The lowest BCUT2D eigenvalue weighted by Crippen LogP contribution is -2.31. The van der Waals surface area contributed by atoms with Gasteiger partial charge in [-0.15, -0.1) is 11.3 Å². The van der Waals surface area contributed by atoms with Crippen molar-refractivity contribution in [3.8, 4) is 0 Å². The van der Waals surface area contributed by atoms with Crippen molar-refractivity contribution >= 4 is 33.3 Å². The zero-order chi connectivity index (χ0) is 14.0. The highest BCUT2D eigenvalue weighted by Gasteiger charge is 2.09. The number of aromatic nitrogens is 2. The molecule has 19 heavy (non-hydrogen) atoms. The number of nitrogens with one attached hydrogen (secondary N) is 1. The molecular formula is C13H21N5S. The fourth-order valence-electron chi connectivity index (χ4n) is 1.80. The van der Waals surface area contributed by atoms with Crippen molar-refractivity contribution < 1.29 is 0 Å². The summed E-state index contributed by atoms with van der Waals surface area (Å²) in [6.45, 7) is 8.24. The quantitative estimate of drug-likeness (QED) is 0.879. The first-order valence-electron chi connectivity index (χ1n) is 6.45. The molecule has 6 heteroatoms. The van der Waals surface area contributed by atoms with Crippen LogP contribution in [-0.4, -0.2) is 41.0 Å². The second-order valence-electron chi connectivity index (χ2n) is 5.01. The zero-order valence-electron chi connectivity index (χ0n) is 11.9. The smallest absolute Gasteiger partial charge is 0.223 e. The van der Waals surface area contributed by atoms with E-state index in [1.54, 1.807) is 11.3 Å². The Balaban J connectivity index is 2.11. The molecule has 0 saturated heterocycles. The van der Waals surface area contributed by atoms with E-state index in [1.807, 2.05) is 0 Å². The number of nitrogens with two attached hydrogens (primary N) is 1. The Morgan fingerprint density at radius 1 is 1.42 bits per heavy atom. The molecule has 104 valence electrons. The minimum absolute atomic E-state index is 0.328. The third-order valence-electron chi connectivity index (χ3n) is 3.17. The second kappa shape index (κ2) is 5.71. The highest BCUT2D eigenvalue weighted by molar-refractivity contribution is 7.18. The van der Waals surface area contributed by atoms with Crippen LogP contribution in [0.4, 0.5) is 11.8 Å². The largest absolute Gasteiger partial charge is 0.368 e. The molecule has 0 bridgehead atoms. The van der Waals surface area contributed by atoms with Crippen LogP contribution in [0.15, 0.2) is 6.07 Å². The number of hydrogen-bond acceptors (Lipinski definition) is 6. The summed E-state index contributed by atoms with van der Waals surface area (Å²) in [4.78, 5) is 13.0. The van der Waals surface area contributed by atoms with Crippen LogP contribution in [0.5, 0.6) is 0 Å². The van der Waals surface area contributed by atoms with Gasteiger partial charge in [0.15, 0.2) is 0 Å². The van der Waals surface area contributed by atoms with Crippen molar-refractivity contribution in [3.05, 3.63) is 10.9 Å². The fraction of sp³-hybridized carbons (Fsp3) is 0.538. The van der Waals surface area contributed by atoms with Gasteiger partial charge in [0.1, 0.15) is 10.6 Å². The molecule has 0 aliphatic rings. The van der Waals surface area contributed by atoms with Crippen molar-refractivity contribution in [2.75, 3.05) is 31.2 Å². The number of rotatable bonds is 5. The van der Waals surface area contributed by atoms with Gasteiger partial charge in [-0.05, 0) is 33.9 Å². The molecule has 0 radical (unpaired) electrons. The maximum absolute atomic E-state index is 5.75. The second-order valence-corrected chi connectivity index (χ2v) is 6.24. The third kappa shape index (κ3) is 3.33. The molecule has 0 spiro atoms. The van der Waals surface area contributed by atoms with Gasteiger partial charge in [-0.25, -0.2) is 4.98 Å². The van der Waals surface area contributed by atoms with E-state index in [9.17, 15) is 0 Å². The molecule has 2 aromatic rings. The SMILES string of the molecule is Cc1cc2c(NCCN(C)C(C)C)nc(N)nc2s1. The highest BCUT2D eigenvalue weighted by atomic mass is 32.1. The van der Waals surface area contributed by atoms with Gasteiger partial charge in [0, 0.05) is 24.0 Å². The highest BCUT2D eigenvalue weighted by Crippen LogP contribution is 2.28. The Bertz CT molecular complexity index is 563. The first-order chi connectivity index (χ1) is 8.97. The normalized spacial score (nSPS) is 11.7. The summed E-state index contributed by atoms with van der Waals surface area (Å²) >= 11 is 1.64. The molecule has 3 N–H and O–H groups in total. The number of anilines is 2. The van der Waals surface area contributed by atoms with Crippen LogP contribution in [0.3, 0.4) is 0 Å². The monoisotopic (exact) mass is 279 g/mol. The number of aryl methyl sites for hydroxylation is 1. The molecule has 0 aliphatic carbocycles. The lowest BCUT2D eigenvalue weighted by atomic mass is 10.3. The molecule has 2 rings (SSSR count). The standard InChI is InChI=1S/C13H21N5S/c1-8(2)18(4)6-5-15-11-10-7-9(3)19-12(10)17-13(14)16-11/h7-8H,5-6H2,1-4H3,(H3,14,15,16,17). The van der Waals surface area contributed by atoms with Gasteiger partial charge in [-0.3, -0.25) is 0 Å². The topological polar surface area (TPSA) is 67.1 Å². The van der Waals surface area contributed by atoms with E-state index in [4.69, 9.17) is 5.73 Å². The lowest BCUT2D eigenvalue weighted by Gasteiger charge is -2.21. The summed E-state index contributed by atoms with van der Waals surface area (Å²) in [5.74, 6) is 1.16. The Hall–Kier alpha value is -1.40. The van der Waals surface area contributed by atoms with E-state index in [-0.39, 0.29) is 0 Å². The lowest BCUT2D eigenvalue weighted by molar-refractivity contribution is 0.284. The first kappa shape index (κ1) is 14.0. The maximum atomic E-state index is 5.75. The fourth-order valence-corrected chi connectivity index (χ4v) is 2.69. The summed E-state index contributed by atoms with van der Waals surface area (Å²) < 4.78 is 0. The van der Waals surface area contributed by atoms with Crippen molar-refractivity contribution in [1.82, 2.24) is 14.9 Å². The van der Waals surface area contributed by atoms with Gasteiger partial charge >= 0.3 is 0 Å². The molecule has 2 heterocycles. The van der Waals surface area contributed by atoms with Gasteiger partial charge < -0.3 is 16.0 Å². The Kier molecular flexibility index (Phi) is 4.21. The van der Waals surface area contributed by atoms with Gasteiger partial charge in [0.2, 0.25) is 5.95 Å². The Labute approximate surface area is 117 Å². The average molecular weight is 279 g/mol. The van der Waals surface area contributed by atoms with Crippen molar-refractivity contribution in [2.45, 2.75) is 26.8 Å². The van der Waals surface area contributed by atoms with Gasteiger partial charge in [-0.1, -0.05) is 0 Å². The van der Waals surface area contributed by atoms with Crippen molar-refractivity contribution in [1.29, 1.82) is 0 Å². The molecule has 0 amide bonds. The molecule has 5 nitrogen and oxygen atoms in total. The van der Waals surface area contributed by atoms with E-state index in [2.05, 4.69) is 54.1 Å². The van der Waals surface area contributed by atoms with E-state index < -0.39 is 0 Å². The van der Waals surface area contributed by atoms with Crippen LogP contribution in [0.25, 0.3) is 10.2 Å². The predicted molar refractivity (Wildman–Crippen MR) is 82.8 cm³/mol. The first-order valence-corrected chi connectivity index (χ1v) is 7.27. The van der Waals surface area contributed by atoms with E-state index in [0.717, 1.165) is 29.1 Å². The third-order valence-corrected chi connectivity index (χ3v) is 4.12. The summed E-state index contributed by atoms with van der Waals surface area (Å²) in [7, 11) is 2.12. The molecular weight excluding hydrogens is 258 g/mol. The van der Waals surface area contributed by atoms with E-state index >= 15 is 0 Å². The number of nitrogen functional groups attached to an aromatic ring is 1. The predicted octanol–water partition coefficient (Wildman–Crippen LogP) is 2.33. The van der Waals surface area contributed by atoms with Crippen LogP contribution in [0.1, 0.15) is 18.7 Å². The van der Waals surface area contributed by atoms with E-state index in [1.165, 1.54) is 4.88 Å². The van der Waals surface area contributed by atoms with Crippen LogP contribution in [0, 0.1) is 6.92 Å². The Morgan fingerprint density at radius 3 is 2.84 bits per heavy atom. The molecule has 0 aliphatic heterocycles. The molecule has 0 fully saturated rings. The zero-order valence-corrected chi connectivity index (χ0v) is 12.7. The molecule has 0 saturated carbocycles. The van der Waals surface area contributed by atoms with Crippen molar-refractivity contribution in [3.63, 3.8) is 0 Å². The number of likely N-dealkylation sites (N-methyl/N-ethyl adjacent to an activating group) is 1. The minimum atomic E-state index is 0.328. The van der Waals surface area contributed by atoms with Gasteiger partial charge in [0.25, 0.3) is 0 Å². The van der Waals surface area contributed by atoms with Crippen molar-refractivity contribution in [2.24, 2.45) is 0 Å². The molecule has 0 aromatic carbocycles. The number of fused-ring (bicyclic) bond motifs is 1. The maximum Gasteiger partial charge on any atom is 0.223 e. The van der Waals surface area contributed by atoms with Crippen LogP contribution in [0.2, 0.25) is 0 Å². The van der Waals surface area contributed by atoms with Gasteiger partial charge in [0.05, 0.1) is 5.39 Å². The van der Waals surface area contributed by atoms with Crippen LogP contribution in [-0.2, 0) is 0 Å². The Morgan fingerprint density at radius 2 is 2.16 bits per heavy atom. The minimum Gasteiger partial charge on any atom is -0.368 e. The average Bonchev–Trinajstić information content (AvgIpc) is 2.68. The summed E-state index contributed by atoms with van der Waals surface area (Å²) in [5.41, 5.74) is 5.75. The summed E-state index contributed by atoms with van der Waals surface area (Å²) in [6.07, 6.45) is 0. The number of nitrogens with zero attached hydrogens (tertiary/aromatic N) is 3. The molecule has 0 atom stereocenters. The van der Waals surface area contributed by atoms with E-state index in [0.29, 0.717) is 12.0 Å². The molecule has 2 aromatic heterocycles. The summed E-state index contributed by atoms with van der Waals surface area (Å²) in [5, 5.41) is 4.42. The van der Waals surface area contributed by atoms with Crippen LogP contribution < -0.4 is 11.1 Å². The number of thiophene rings is 1. The summed E-state index contributed by atoms with van der Waals surface area (Å²) in [6, 6.07) is 2.65. The van der Waals surface area contributed by atoms with Gasteiger partial charge in [-0.2, -0.15) is 4.98 Å². The van der Waals surface area contributed by atoms with Crippen LogP contribution >= 0.6 is 11.3 Å². The number of hydrogen-bond donors (Lipinski definition) is 2.